The summed E-state index contributed by atoms with van der Waals surface area (Å²) >= 11 is 12.1. The smallest absolute Gasteiger partial charge is 0.211 e. The molecule has 0 aromatic heterocycles. The molecule has 0 bridgehead atoms. The monoisotopic (exact) mass is 229 g/mol. The molecule has 0 atom stereocenters. The molecule has 2 nitrogen and oxygen atoms in total. The molecule has 1 aromatic rings. The molecule has 1 rings (SSSR count). The topological polar surface area (TPSA) is 29.4 Å². The summed E-state index contributed by atoms with van der Waals surface area (Å²) in [6.45, 7) is 5.49. The molecule has 74 valence electrons. The van der Waals surface area contributed by atoms with Gasteiger partial charge >= 0.3 is 0 Å². The quantitative estimate of drug-likeness (QED) is 0.531. The van der Waals surface area contributed by atoms with E-state index >= 15 is 0 Å². The normalized spacial score (nSPS) is 9.79. The fourth-order valence-electron chi connectivity index (χ4n) is 1.24. The van der Waals surface area contributed by atoms with Crippen LogP contribution in [-0.4, -0.2) is 6.08 Å². The van der Waals surface area contributed by atoms with E-state index in [1.54, 1.807) is 6.92 Å². The molecule has 0 saturated heterocycles. The van der Waals surface area contributed by atoms with Crippen LogP contribution < -0.4 is 0 Å². The van der Waals surface area contributed by atoms with Crippen LogP contribution in [0, 0.1) is 20.8 Å². The van der Waals surface area contributed by atoms with Crippen LogP contribution in [0.15, 0.2) is 4.99 Å². The Hall–Kier alpha value is -0.820. The number of nitrogens with zero attached hydrogens (tertiary/aromatic N) is 1. The number of hydrogen-bond donors (Lipinski definition) is 0. The zero-order valence-corrected chi connectivity index (χ0v) is 9.62. The first-order chi connectivity index (χ1) is 6.50. The highest BCUT2D eigenvalue weighted by atomic mass is 35.5. The van der Waals surface area contributed by atoms with E-state index in [9.17, 15) is 4.79 Å². The van der Waals surface area contributed by atoms with E-state index in [0.717, 1.165) is 11.1 Å². The van der Waals surface area contributed by atoms with E-state index in [1.165, 1.54) is 6.08 Å². The highest BCUT2D eigenvalue weighted by Crippen LogP contribution is 2.38. The van der Waals surface area contributed by atoms with Gasteiger partial charge in [0.05, 0.1) is 10.7 Å². The van der Waals surface area contributed by atoms with Crippen molar-refractivity contribution in [1.82, 2.24) is 0 Å². The molecule has 0 saturated carbocycles. The molecule has 4 heteroatoms. The predicted octanol–water partition coefficient (Wildman–Crippen LogP) is 3.89. The summed E-state index contributed by atoms with van der Waals surface area (Å²) in [7, 11) is 0. The minimum Gasteiger partial charge on any atom is -0.211 e. The lowest BCUT2D eigenvalue weighted by atomic mass is 10.0. The van der Waals surface area contributed by atoms with Crippen LogP contribution in [-0.2, 0) is 4.79 Å². The van der Waals surface area contributed by atoms with Gasteiger partial charge in [0.2, 0.25) is 6.08 Å². The number of hydrogen-bond acceptors (Lipinski definition) is 2. The molecular formula is C10H9Cl2NO. The fourth-order valence-corrected chi connectivity index (χ4v) is 1.79. The Morgan fingerprint density at radius 2 is 1.50 bits per heavy atom. The molecule has 0 heterocycles. The molecule has 0 aliphatic carbocycles. The molecule has 0 amide bonds. The van der Waals surface area contributed by atoms with Crippen molar-refractivity contribution in [2.24, 2.45) is 4.99 Å². The van der Waals surface area contributed by atoms with Gasteiger partial charge in [0.15, 0.2) is 0 Å². The molecule has 0 fully saturated rings. The zero-order chi connectivity index (χ0) is 10.9. The van der Waals surface area contributed by atoms with Gasteiger partial charge in [0, 0.05) is 5.02 Å². The van der Waals surface area contributed by atoms with Crippen molar-refractivity contribution >= 4 is 35.0 Å². The minimum atomic E-state index is 0.412. The Kier molecular flexibility index (Phi) is 3.33. The number of halogens is 2. The Morgan fingerprint density at radius 3 is 2.00 bits per heavy atom. The third-order valence-corrected chi connectivity index (χ3v) is 3.30. The molecule has 1 aromatic carbocycles. The Morgan fingerprint density at radius 1 is 1.00 bits per heavy atom. The van der Waals surface area contributed by atoms with Crippen LogP contribution in [0.4, 0.5) is 5.69 Å². The van der Waals surface area contributed by atoms with E-state index in [2.05, 4.69) is 4.99 Å². The Labute approximate surface area is 92.6 Å². The summed E-state index contributed by atoms with van der Waals surface area (Å²) in [6, 6.07) is 0. The van der Waals surface area contributed by atoms with E-state index in [0.29, 0.717) is 21.3 Å². The molecular weight excluding hydrogens is 221 g/mol. The maximum absolute atomic E-state index is 10.2. The van der Waals surface area contributed by atoms with Crippen molar-refractivity contribution < 1.29 is 4.79 Å². The maximum atomic E-state index is 10.2. The van der Waals surface area contributed by atoms with Gasteiger partial charge < -0.3 is 0 Å². The molecule has 0 radical (unpaired) electrons. The lowest BCUT2D eigenvalue weighted by Gasteiger charge is -2.11. The van der Waals surface area contributed by atoms with E-state index < -0.39 is 0 Å². The number of isocyanates is 1. The summed E-state index contributed by atoms with van der Waals surface area (Å²) in [6.07, 6.45) is 1.47. The van der Waals surface area contributed by atoms with Gasteiger partial charge in [0.25, 0.3) is 0 Å². The van der Waals surface area contributed by atoms with Gasteiger partial charge in [-0.15, -0.1) is 0 Å². The first kappa shape index (κ1) is 11.3. The van der Waals surface area contributed by atoms with Crippen LogP contribution in [0.1, 0.15) is 16.7 Å². The van der Waals surface area contributed by atoms with Crippen molar-refractivity contribution in [3.8, 4) is 0 Å². The lowest BCUT2D eigenvalue weighted by molar-refractivity contribution is 0.565. The molecule has 0 aliphatic rings. The molecule has 0 unspecified atom stereocenters. The van der Waals surface area contributed by atoms with Crippen LogP contribution >= 0.6 is 23.2 Å². The highest BCUT2D eigenvalue weighted by Gasteiger charge is 2.14. The standard InChI is InChI=1S/C10H9Cl2NO/c1-5-6(2)9(12)10(13-4-14)7(3)8(5)11/h1-3H3. The minimum absolute atomic E-state index is 0.412. The zero-order valence-electron chi connectivity index (χ0n) is 8.11. The van der Waals surface area contributed by atoms with Gasteiger partial charge in [0.1, 0.15) is 0 Å². The van der Waals surface area contributed by atoms with Gasteiger partial charge in [-0.05, 0) is 37.5 Å². The first-order valence-electron chi connectivity index (χ1n) is 4.03. The van der Waals surface area contributed by atoms with E-state index in [1.807, 2.05) is 13.8 Å². The summed E-state index contributed by atoms with van der Waals surface area (Å²) in [4.78, 5) is 13.7. The summed E-state index contributed by atoms with van der Waals surface area (Å²) < 4.78 is 0. The van der Waals surface area contributed by atoms with Gasteiger partial charge in [-0.25, -0.2) is 4.79 Å². The molecule has 0 aliphatic heterocycles. The summed E-state index contributed by atoms with van der Waals surface area (Å²) in [5.41, 5.74) is 2.88. The van der Waals surface area contributed by atoms with Crippen LogP contribution in [0.3, 0.4) is 0 Å². The summed E-state index contributed by atoms with van der Waals surface area (Å²) in [5, 5.41) is 1.06. The second-order valence-electron chi connectivity index (χ2n) is 3.05. The second kappa shape index (κ2) is 4.14. The number of rotatable bonds is 1. The van der Waals surface area contributed by atoms with Crippen molar-refractivity contribution in [3.05, 3.63) is 26.7 Å². The van der Waals surface area contributed by atoms with Crippen molar-refractivity contribution in [3.63, 3.8) is 0 Å². The third kappa shape index (κ3) is 1.69. The lowest BCUT2D eigenvalue weighted by Crippen LogP contribution is -1.89. The third-order valence-electron chi connectivity index (χ3n) is 2.27. The highest BCUT2D eigenvalue weighted by molar-refractivity contribution is 6.37. The van der Waals surface area contributed by atoms with Crippen molar-refractivity contribution in [1.29, 1.82) is 0 Å². The maximum Gasteiger partial charge on any atom is 0.240 e. The van der Waals surface area contributed by atoms with E-state index in [-0.39, 0.29) is 0 Å². The van der Waals surface area contributed by atoms with Gasteiger partial charge in [-0.3, -0.25) is 0 Å². The van der Waals surface area contributed by atoms with Crippen LogP contribution in [0.25, 0.3) is 0 Å². The first-order valence-corrected chi connectivity index (χ1v) is 4.79. The second-order valence-corrected chi connectivity index (χ2v) is 3.81. The molecule has 0 spiro atoms. The van der Waals surface area contributed by atoms with Crippen molar-refractivity contribution in [2.75, 3.05) is 0 Å². The molecule has 14 heavy (non-hydrogen) atoms. The Bertz CT molecular complexity index is 405. The molecule has 0 N–H and O–H groups in total. The number of benzene rings is 1. The van der Waals surface area contributed by atoms with Crippen LogP contribution in [0.5, 0.6) is 0 Å². The average molecular weight is 230 g/mol. The average Bonchev–Trinajstić information content (AvgIpc) is 2.19. The predicted molar refractivity (Wildman–Crippen MR) is 58.5 cm³/mol. The van der Waals surface area contributed by atoms with Crippen LogP contribution in [0.2, 0.25) is 10.0 Å². The number of aliphatic imine (C=N–C) groups is 1. The largest absolute Gasteiger partial charge is 0.240 e. The fraction of sp³-hybridized carbons (Fsp3) is 0.300. The van der Waals surface area contributed by atoms with Gasteiger partial charge in [-0.1, -0.05) is 23.2 Å². The van der Waals surface area contributed by atoms with Gasteiger partial charge in [-0.2, -0.15) is 4.99 Å². The Balaban J connectivity index is 3.67. The van der Waals surface area contributed by atoms with Crippen molar-refractivity contribution in [2.45, 2.75) is 20.8 Å². The SMILES string of the molecule is Cc1c(C)c(Cl)c(N=C=O)c(C)c1Cl. The summed E-state index contributed by atoms with van der Waals surface area (Å²) in [5.74, 6) is 0. The number of carbonyl (C=O) groups excluding carboxylic acids is 1. The van der Waals surface area contributed by atoms with E-state index in [4.69, 9.17) is 23.2 Å².